The Labute approximate surface area is 117 Å². The number of benzene rings is 1. The normalized spacial score (nSPS) is 10.7. The van der Waals surface area contributed by atoms with Crippen LogP contribution in [0.3, 0.4) is 0 Å². The van der Waals surface area contributed by atoms with Crippen LogP contribution in [-0.2, 0) is 4.79 Å². The van der Waals surface area contributed by atoms with Crippen LogP contribution in [0.25, 0.3) is 0 Å². The molecule has 2 aromatic rings. The number of nitrogens with one attached hydrogen (secondary N) is 2. The number of furan rings is 1. The topological polar surface area (TPSA) is 66.6 Å². The van der Waals surface area contributed by atoms with Gasteiger partial charge in [0.05, 0.1) is 12.8 Å². The molecule has 0 fully saturated rings. The average Bonchev–Trinajstić information content (AvgIpc) is 2.83. The van der Waals surface area contributed by atoms with Crippen molar-refractivity contribution in [1.29, 1.82) is 0 Å². The highest BCUT2D eigenvalue weighted by Crippen LogP contribution is 2.12. The van der Waals surface area contributed by atoms with Crippen molar-refractivity contribution < 1.29 is 9.21 Å². The summed E-state index contributed by atoms with van der Waals surface area (Å²) < 4.78 is 5.29. The number of nitrogens with zero attached hydrogens (tertiary/aromatic N) is 1. The number of anilines is 1. The minimum Gasteiger partial charge on any atom is -0.460 e. The molecule has 0 spiro atoms. The summed E-state index contributed by atoms with van der Waals surface area (Å²) in [4.78, 5) is 11.6. The van der Waals surface area contributed by atoms with Crippen LogP contribution in [0.2, 0.25) is 0 Å². The second-order valence-corrected chi connectivity index (χ2v) is 4.41. The molecule has 0 aliphatic rings. The predicted octanol–water partition coefficient (Wildman–Crippen LogP) is 2.46. The molecule has 0 aliphatic carbocycles. The number of hydrazone groups is 1. The first-order valence-electron chi connectivity index (χ1n) is 6.33. The highest BCUT2D eigenvalue weighted by atomic mass is 16.3. The number of carbonyl (C=O) groups excluding carboxylic acids is 1. The van der Waals surface area contributed by atoms with E-state index in [0.717, 1.165) is 17.0 Å². The fourth-order valence-electron chi connectivity index (χ4n) is 1.68. The van der Waals surface area contributed by atoms with Crippen molar-refractivity contribution in [2.75, 3.05) is 11.9 Å². The average molecular weight is 271 g/mol. The van der Waals surface area contributed by atoms with Gasteiger partial charge in [-0.2, -0.15) is 5.10 Å². The van der Waals surface area contributed by atoms with Crippen molar-refractivity contribution in [3.8, 4) is 0 Å². The Balaban J connectivity index is 1.78. The molecule has 104 valence electrons. The first-order valence-corrected chi connectivity index (χ1v) is 6.33. The molecule has 0 saturated carbocycles. The maximum Gasteiger partial charge on any atom is 0.259 e. The molecule has 1 amide bonds. The lowest BCUT2D eigenvalue weighted by Crippen LogP contribution is -2.26. The summed E-state index contributed by atoms with van der Waals surface area (Å²) in [5.74, 6) is 1.20. The van der Waals surface area contributed by atoms with Gasteiger partial charge in [0.25, 0.3) is 5.91 Å². The van der Waals surface area contributed by atoms with Crippen LogP contribution < -0.4 is 10.7 Å². The number of rotatable bonds is 5. The maximum absolute atomic E-state index is 11.6. The molecule has 0 radical (unpaired) electrons. The first-order chi connectivity index (χ1) is 9.65. The zero-order valence-electron chi connectivity index (χ0n) is 11.5. The Kier molecular flexibility index (Phi) is 4.55. The van der Waals surface area contributed by atoms with E-state index in [1.165, 1.54) is 6.21 Å². The lowest BCUT2D eigenvalue weighted by atomic mass is 10.2. The molecule has 1 aromatic carbocycles. The van der Waals surface area contributed by atoms with Crippen molar-refractivity contribution in [2.24, 2.45) is 5.10 Å². The summed E-state index contributed by atoms with van der Waals surface area (Å²) in [6.45, 7) is 4.00. The third kappa shape index (κ3) is 3.98. The van der Waals surface area contributed by atoms with E-state index in [1.54, 1.807) is 6.07 Å². The number of para-hydroxylation sites is 1. The Hall–Kier alpha value is -2.56. The van der Waals surface area contributed by atoms with E-state index in [9.17, 15) is 4.79 Å². The number of amides is 1. The molecule has 1 heterocycles. The SMILES string of the molecule is Cc1ccc(/C=N\NC(=O)CNc2ccccc2C)o1. The summed E-state index contributed by atoms with van der Waals surface area (Å²) in [6.07, 6.45) is 1.47. The van der Waals surface area contributed by atoms with Gasteiger partial charge in [-0.25, -0.2) is 5.43 Å². The summed E-state index contributed by atoms with van der Waals surface area (Å²) in [5, 5.41) is 6.89. The van der Waals surface area contributed by atoms with Gasteiger partial charge in [0.15, 0.2) is 0 Å². The van der Waals surface area contributed by atoms with E-state index >= 15 is 0 Å². The van der Waals surface area contributed by atoms with Gasteiger partial charge in [0.1, 0.15) is 11.5 Å². The fourth-order valence-corrected chi connectivity index (χ4v) is 1.68. The number of hydrogen-bond acceptors (Lipinski definition) is 4. The molecule has 1 aromatic heterocycles. The van der Waals surface area contributed by atoms with Gasteiger partial charge in [-0.05, 0) is 37.6 Å². The van der Waals surface area contributed by atoms with E-state index in [1.807, 2.05) is 44.2 Å². The van der Waals surface area contributed by atoms with Gasteiger partial charge in [0, 0.05) is 5.69 Å². The lowest BCUT2D eigenvalue weighted by Gasteiger charge is -2.07. The van der Waals surface area contributed by atoms with Crippen LogP contribution in [0, 0.1) is 13.8 Å². The van der Waals surface area contributed by atoms with E-state index in [0.29, 0.717) is 5.76 Å². The van der Waals surface area contributed by atoms with Crippen LogP contribution in [0.5, 0.6) is 0 Å². The number of aryl methyl sites for hydroxylation is 2. The molecular formula is C15H17N3O2. The van der Waals surface area contributed by atoms with Crippen LogP contribution in [-0.4, -0.2) is 18.7 Å². The second-order valence-electron chi connectivity index (χ2n) is 4.41. The highest BCUT2D eigenvalue weighted by Gasteiger charge is 2.01. The van der Waals surface area contributed by atoms with Gasteiger partial charge in [-0.15, -0.1) is 0 Å². The van der Waals surface area contributed by atoms with E-state index < -0.39 is 0 Å². The number of hydrogen-bond donors (Lipinski definition) is 2. The summed E-state index contributed by atoms with van der Waals surface area (Å²) >= 11 is 0. The standard InChI is InChI=1S/C15H17N3O2/c1-11-5-3-4-6-14(11)16-10-15(19)18-17-9-13-8-7-12(2)20-13/h3-9,16H,10H2,1-2H3,(H,18,19)/b17-9-. The van der Waals surface area contributed by atoms with Crippen molar-refractivity contribution in [1.82, 2.24) is 5.43 Å². The van der Waals surface area contributed by atoms with Gasteiger partial charge in [0.2, 0.25) is 0 Å². The van der Waals surface area contributed by atoms with E-state index in [4.69, 9.17) is 4.42 Å². The van der Waals surface area contributed by atoms with Gasteiger partial charge >= 0.3 is 0 Å². The van der Waals surface area contributed by atoms with Crippen molar-refractivity contribution in [3.63, 3.8) is 0 Å². The first kappa shape index (κ1) is 13.9. The third-order valence-corrected chi connectivity index (χ3v) is 2.73. The Morgan fingerprint density at radius 3 is 2.75 bits per heavy atom. The highest BCUT2D eigenvalue weighted by molar-refractivity contribution is 5.83. The molecule has 5 nitrogen and oxygen atoms in total. The van der Waals surface area contributed by atoms with Crippen molar-refractivity contribution in [3.05, 3.63) is 53.5 Å². The van der Waals surface area contributed by atoms with Crippen LogP contribution in [0.1, 0.15) is 17.1 Å². The fraction of sp³-hybridized carbons (Fsp3) is 0.200. The molecule has 2 N–H and O–H groups in total. The third-order valence-electron chi connectivity index (χ3n) is 2.73. The van der Waals surface area contributed by atoms with Crippen molar-refractivity contribution in [2.45, 2.75) is 13.8 Å². The van der Waals surface area contributed by atoms with E-state index in [-0.39, 0.29) is 12.5 Å². The summed E-state index contributed by atoms with van der Waals surface area (Å²) in [5.41, 5.74) is 4.47. The van der Waals surface area contributed by atoms with E-state index in [2.05, 4.69) is 15.8 Å². The van der Waals surface area contributed by atoms with Crippen LogP contribution >= 0.6 is 0 Å². The maximum atomic E-state index is 11.6. The van der Waals surface area contributed by atoms with Gasteiger partial charge in [-0.1, -0.05) is 18.2 Å². The minimum absolute atomic E-state index is 0.166. The Morgan fingerprint density at radius 1 is 1.25 bits per heavy atom. The minimum atomic E-state index is -0.215. The second kappa shape index (κ2) is 6.56. The summed E-state index contributed by atoms with van der Waals surface area (Å²) in [6, 6.07) is 11.4. The van der Waals surface area contributed by atoms with Crippen molar-refractivity contribution >= 4 is 17.8 Å². The van der Waals surface area contributed by atoms with Gasteiger partial charge in [-0.3, -0.25) is 4.79 Å². The molecule has 0 saturated heterocycles. The smallest absolute Gasteiger partial charge is 0.259 e. The monoisotopic (exact) mass is 271 g/mol. The molecule has 2 rings (SSSR count). The predicted molar refractivity (Wildman–Crippen MR) is 78.9 cm³/mol. The van der Waals surface area contributed by atoms with Crippen LogP contribution in [0.4, 0.5) is 5.69 Å². The molecular weight excluding hydrogens is 254 g/mol. The molecule has 0 bridgehead atoms. The van der Waals surface area contributed by atoms with Gasteiger partial charge < -0.3 is 9.73 Å². The largest absolute Gasteiger partial charge is 0.460 e. The quantitative estimate of drug-likeness (QED) is 0.648. The molecule has 5 heteroatoms. The molecule has 0 aliphatic heterocycles. The zero-order chi connectivity index (χ0) is 14.4. The summed E-state index contributed by atoms with van der Waals surface area (Å²) in [7, 11) is 0. The molecule has 20 heavy (non-hydrogen) atoms. The number of carbonyl (C=O) groups is 1. The molecule has 0 atom stereocenters. The molecule has 0 unspecified atom stereocenters. The Bertz CT molecular complexity index is 617. The lowest BCUT2D eigenvalue weighted by molar-refractivity contribution is -0.119. The Morgan fingerprint density at radius 2 is 2.05 bits per heavy atom. The zero-order valence-corrected chi connectivity index (χ0v) is 11.5. The van der Waals surface area contributed by atoms with Crippen LogP contribution in [0.15, 0.2) is 45.9 Å².